The summed E-state index contributed by atoms with van der Waals surface area (Å²) >= 11 is 1.48. The number of hydrogen-bond donors (Lipinski definition) is 1. The number of thioether (sulfide) groups is 1. The van der Waals surface area contributed by atoms with Crippen molar-refractivity contribution in [2.75, 3.05) is 12.3 Å². The van der Waals surface area contributed by atoms with Gasteiger partial charge in [-0.2, -0.15) is 0 Å². The highest BCUT2D eigenvalue weighted by Gasteiger charge is 2.11. The minimum Gasteiger partial charge on any atom is -0.330 e. The lowest BCUT2D eigenvalue weighted by Gasteiger charge is -2.00. The molecule has 0 aliphatic carbocycles. The fraction of sp³-hybridized carbons (Fsp3) is 0.333. The Morgan fingerprint density at radius 1 is 1.43 bits per heavy atom. The van der Waals surface area contributed by atoms with Crippen LogP contribution in [0.4, 0.5) is 5.69 Å². The second-order valence-electron chi connectivity index (χ2n) is 2.72. The molecule has 0 fully saturated rings. The maximum Gasteiger partial charge on any atom is 0.282 e. The fourth-order valence-electron chi connectivity index (χ4n) is 0.996. The molecule has 0 spiro atoms. The van der Waals surface area contributed by atoms with Gasteiger partial charge in [-0.1, -0.05) is 12.1 Å². The highest BCUT2D eigenvalue weighted by molar-refractivity contribution is 7.99. The molecule has 14 heavy (non-hydrogen) atoms. The Labute approximate surface area is 86.6 Å². The van der Waals surface area contributed by atoms with Crippen molar-refractivity contribution >= 4 is 17.4 Å². The molecular weight excluding hydrogens is 200 g/mol. The van der Waals surface area contributed by atoms with Gasteiger partial charge in [0.15, 0.2) is 0 Å². The van der Waals surface area contributed by atoms with E-state index in [1.54, 1.807) is 18.2 Å². The normalized spacial score (nSPS) is 10.1. The third-order valence-corrected chi connectivity index (χ3v) is 2.82. The molecule has 0 aliphatic heterocycles. The van der Waals surface area contributed by atoms with E-state index in [4.69, 9.17) is 5.73 Å². The maximum absolute atomic E-state index is 10.6. The summed E-state index contributed by atoms with van der Waals surface area (Å²) in [5, 5.41) is 10.6. The molecule has 4 nitrogen and oxygen atoms in total. The number of nitro groups is 1. The quantitative estimate of drug-likeness (QED) is 0.351. The summed E-state index contributed by atoms with van der Waals surface area (Å²) in [6.07, 6.45) is 0.872. The van der Waals surface area contributed by atoms with Gasteiger partial charge >= 0.3 is 0 Å². The number of para-hydroxylation sites is 1. The van der Waals surface area contributed by atoms with Crippen LogP contribution in [0.2, 0.25) is 0 Å². The van der Waals surface area contributed by atoms with Gasteiger partial charge in [0.1, 0.15) is 0 Å². The molecule has 1 aromatic carbocycles. The van der Waals surface area contributed by atoms with E-state index in [1.807, 2.05) is 0 Å². The van der Waals surface area contributed by atoms with Gasteiger partial charge in [0.25, 0.3) is 5.69 Å². The van der Waals surface area contributed by atoms with Crippen molar-refractivity contribution in [3.63, 3.8) is 0 Å². The van der Waals surface area contributed by atoms with Crippen molar-refractivity contribution in [1.82, 2.24) is 0 Å². The molecule has 1 rings (SSSR count). The first-order valence-corrected chi connectivity index (χ1v) is 5.30. The first kappa shape index (κ1) is 11.0. The summed E-state index contributed by atoms with van der Waals surface area (Å²) in [6, 6.07) is 6.76. The highest BCUT2D eigenvalue weighted by Crippen LogP contribution is 2.28. The summed E-state index contributed by atoms with van der Waals surface area (Å²) in [7, 11) is 0. The number of nitrogens with zero attached hydrogens (tertiary/aromatic N) is 1. The fourth-order valence-corrected chi connectivity index (χ4v) is 1.99. The van der Waals surface area contributed by atoms with Crippen LogP contribution in [0.25, 0.3) is 0 Å². The minimum absolute atomic E-state index is 0.175. The molecule has 0 amide bonds. The topological polar surface area (TPSA) is 69.2 Å². The van der Waals surface area contributed by atoms with Gasteiger partial charge in [0.2, 0.25) is 0 Å². The summed E-state index contributed by atoms with van der Waals surface area (Å²) in [6.45, 7) is 0.619. The number of benzene rings is 1. The van der Waals surface area contributed by atoms with E-state index in [2.05, 4.69) is 0 Å². The van der Waals surface area contributed by atoms with Crippen LogP contribution in [0.1, 0.15) is 6.42 Å². The van der Waals surface area contributed by atoms with Gasteiger partial charge in [-0.3, -0.25) is 10.1 Å². The van der Waals surface area contributed by atoms with Gasteiger partial charge in [-0.25, -0.2) is 0 Å². The van der Waals surface area contributed by atoms with Crippen molar-refractivity contribution in [1.29, 1.82) is 0 Å². The second-order valence-corrected chi connectivity index (χ2v) is 3.85. The number of hydrogen-bond acceptors (Lipinski definition) is 4. The molecule has 76 valence electrons. The molecule has 0 unspecified atom stereocenters. The van der Waals surface area contributed by atoms with Crippen molar-refractivity contribution in [2.45, 2.75) is 11.3 Å². The molecule has 0 heterocycles. The lowest BCUT2D eigenvalue weighted by atomic mass is 10.3. The molecule has 5 heteroatoms. The van der Waals surface area contributed by atoms with Crippen LogP contribution in [0, 0.1) is 10.1 Å². The maximum atomic E-state index is 10.6. The van der Waals surface area contributed by atoms with Crippen LogP contribution < -0.4 is 5.73 Å². The van der Waals surface area contributed by atoms with Crippen LogP contribution >= 0.6 is 11.8 Å². The molecule has 2 N–H and O–H groups in total. The van der Waals surface area contributed by atoms with Gasteiger partial charge < -0.3 is 5.73 Å². The van der Waals surface area contributed by atoms with Crippen LogP contribution in [0.5, 0.6) is 0 Å². The minimum atomic E-state index is -0.356. The highest BCUT2D eigenvalue weighted by atomic mass is 32.2. The lowest BCUT2D eigenvalue weighted by molar-refractivity contribution is -0.387. The standard InChI is InChI=1S/C9H12N2O2S/c10-6-3-7-14-9-5-2-1-4-8(9)11(12)13/h1-2,4-5H,3,6-7,10H2. The Balaban J connectivity index is 2.69. The average molecular weight is 212 g/mol. The van der Waals surface area contributed by atoms with Crippen LogP contribution in [0.3, 0.4) is 0 Å². The first-order valence-electron chi connectivity index (χ1n) is 4.32. The van der Waals surface area contributed by atoms with Crippen molar-refractivity contribution in [3.05, 3.63) is 34.4 Å². The van der Waals surface area contributed by atoms with Crippen LogP contribution in [0.15, 0.2) is 29.2 Å². The van der Waals surface area contributed by atoms with Gasteiger partial charge in [-0.15, -0.1) is 11.8 Å². The third-order valence-electron chi connectivity index (χ3n) is 1.67. The largest absolute Gasteiger partial charge is 0.330 e. The molecule has 0 radical (unpaired) electrons. The van der Waals surface area contributed by atoms with Crippen molar-refractivity contribution < 1.29 is 4.92 Å². The van der Waals surface area contributed by atoms with E-state index in [9.17, 15) is 10.1 Å². The molecule has 0 aromatic heterocycles. The van der Waals surface area contributed by atoms with Crippen LogP contribution in [-0.2, 0) is 0 Å². The van der Waals surface area contributed by atoms with Crippen LogP contribution in [-0.4, -0.2) is 17.2 Å². The summed E-state index contributed by atoms with van der Waals surface area (Å²) in [5.41, 5.74) is 5.52. The molecule has 0 aliphatic rings. The Bertz CT molecular complexity index is 317. The number of nitrogens with two attached hydrogens (primary N) is 1. The molecule has 0 atom stereocenters. The molecule has 0 bridgehead atoms. The monoisotopic (exact) mass is 212 g/mol. The van der Waals surface area contributed by atoms with Crippen molar-refractivity contribution in [2.24, 2.45) is 5.73 Å². The van der Waals surface area contributed by atoms with E-state index in [0.29, 0.717) is 11.4 Å². The van der Waals surface area contributed by atoms with E-state index >= 15 is 0 Å². The van der Waals surface area contributed by atoms with E-state index in [1.165, 1.54) is 17.8 Å². The number of nitro benzene ring substituents is 1. The first-order chi connectivity index (χ1) is 6.75. The Morgan fingerprint density at radius 3 is 2.79 bits per heavy atom. The van der Waals surface area contributed by atoms with Crippen molar-refractivity contribution in [3.8, 4) is 0 Å². The summed E-state index contributed by atoms with van der Waals surface area (Å²) in [4.78, 5) is 11.0. The van der Waals surface area contributed by atoms with E-state index in [0.717, 1.165) is 12.2 Å². The third kappa shape index (κ3) is 3.01. The zero-order valence-corrected chi connectivity index (χ0v) is 8.50. The molecule has 1 aromatic rings. The predicted octanol–water partition coefficient (Wildman–Crippen LogP) is 2.04. The van der Waals surface area contributed by atoms with E-state index < -0.39 is 0 Å². The lowest BCUT2D eigenvalue weighted by Crippen LogP contribution is -1.99. The number of rotatable bonds is 5. The second kappa shape index (κ2) is 5.62. The summed E-state index contributed by atoms with van der Waals surface area (Å²) in [5.74, 6) is 0.821. The van der Waals surface area contributed by atoms with Gasteiger partial charge in [0.05, 0.1) is 9.82 Å². The molecular formula is C9H12N2O2S. The average Bonchev–Trinajstić information content (AvgIpc) is 2.19. The predicted molar refractivity (Wildman–Crippen MR) is 57.5 cm³/mol. The Morgan fingerprint density at radius 2 is 2.14 bits per heavy atom. The summed E-state index contributed by atoms with van der Waals surface area (Å²) < 4.78 is 0. The zero-order chi connectivity index (χ0) is 10.4. The Hall–Kier alpha value is -1.07. The molecule has 0 saturated carbocycles. The SMILES string of the molecule is NCCCSc1ccccc1[N+](=O)[O-]. The molecule has 0 saturated heterocycles. The van der Waals surface area contributed by atoms with Gasteiger partial charge in [0, 0.05) is 6.07 Å². The van der Waals surface area contributed by atoms with Gasteiger partial charge in [-0.05, 0) is 24.8 Å². The smallest absolute Gasteiger partial charge is 0.282 e. The Kier molecular flexibility index (Phi) is 4.42. The zero-order valence-electron chi connectivity index (χ0n) is 7.68. The van der Waals surface area contributed by atoms with E-state index in [-0.39, 0.29) is 10.6 Å².